The van der Waals surface area contributed by atoms with Crippen molar-refractivity contribution in [1.29, 1.82) is 0 Å². The van der Waals surface area contributed by atoms with Gasteiger partial charge < -0.3 is 16.2 Å². The standard InChI is InChI=1S/C12H21N3O/c1-10-8-12(15-9-11(10)13)14-6-4-2-3-5-7-16/h8-9,16H,2-7,13H2,1H3,(H,14,15). The van der Waals surface area contributed by atoms with Gasteiger partial charge in [-0.05, 0) is 31.4 Å². The molecule has 4 N–H and O–H groups in total. The highest BCUT2D eigenvalue weighted by molar-refractivity contribution is 5.50. The molecule has 0 radical (unpaired) electrons. The number of aliphatic hydroxyl groups excluding tert-OH is 1. The van der Waals surface area contributed by atoms with E-state index in [-0.39, 0.29) is 0 Å². The fourth-order valence-electron chi connectivity index (χ4n) is 1.47. The molecular weight excluding hydrogens is 202 g/mol. The van der Waals surface area contributed by atoms with Crippen molar-refractivity contribution in [2.24, 2.45) is 0 Å². The number of pyridine rings is 1. The van der Waals surface area contributed by atoms with Crippen LogP contribution >= 0.6 is 0 Å². The maximum absolute atomic E-state index is 8.62. The Balaban J connectivity index is 2.19. The number of aryl methyl sites for hydroxylation is 1. The van der Waals surface area contributed by atoms with Crippen molar-refractivity contribution in [1.82, 2.24) is 4.98 Å². The van der Waals surface area contributed by atoms with Crippen molar-refractivity contribution in [3.8, 4) is 0 Å². The molecule has 1 aromatic heterocycles. The van der Waals surface area contributed by atoms with Gasteiger partial charge in [0, 0.05) is 13.2 Å². The van der Waals surface area contributed by atoms with Crippen LogP contribution in [-0.2, 0) is 0 Å². The molecule has 0 spiro atoms. The van der Waals surface area contributed by atoms with Crippen LogP contribution in [0.25, 0.3) is 0 Å². The number of hydrogen-bond acceptors (Lipinski definition) is 4. The summed E-state index contributed by atoms with van der Waals surface area (Å²) < 4.78 is 0. The summed E-state index contributed by atoms with van der Waals surface area (Å²) in [6.07, 6.45) is 5.92. The topological polar surface area (TPSA) is 71.2 Å². The molecule has 0 saturated carbocycles. The average Bonchev–Trinajstić information content (AvgIpc) is 2.28. The molecule has 0 aliphatic heterocycles. The minimum Gasteiger partial charge on any atom is -0.397 e. The maximum atomic E-state index is 8.62. The molecule has 0 amide bonds. The molecule has 0 unspecified atom stereocenters. The first-order valence-corrected chi connectivity index (χ1v) is 5.81. The molecule has 1 rings (SSSR count). The SMILES string of the molecule is Cc1cc(NCCCCCCO)ncc1N. The van der Waals surface area contributed by atoms with Gasteiger partial charge in [0.2, 0.25) is 0 Å². The van der Waals surface area contributed by atoms with Gasteiger partial charge in [-0.25, -0.2) is 4.98 Å². The smallest absolute Gasteiger partial charge is 0.126 e. The first-order valence-electron chi connectivity index (χ1n) is 5.81. The number of aliphatic hydroxyl groups is 1. The van der Waals surface area contributed by atoms with E-state index in [2.05, 4.69) is 10.3 Å². The molecule has 0 saturated heterocycles. The van der Waals surface area contributed by atoms with Crippen LogP contribution in [0.4, 0.5) is 11.5 Å². The van der Waals surface area contributed by atoms with Crippen LogP contribution in [0, 0.1) is 6.92 Å². The molecule has 0 aliphatic rings. The fraction of sp³-hybridized carbons (Fsp3) is 0.583. The Bertz CT molecular complexity index is 315. The average molecular weight is 223 g/mol. The van der Waals surface area contributed by atoms with Gasteiger partial charge in [-0.1, -0.05) is 12.8 Å². The number of anilines is 2. The van der Waals surface area contributed by atoms with Gasteiger partial charge in [-0.15, -0.1) is 0 Å². The zero-order valence-electron chi connectivity index (χ0n) is 9.87. The molecule has 0 atom stereocenters. The second kappa shape index (κ2) is 7.06. The van der Waals surface area contributed by atoms with E-state index in [4.69, 9.17) is 10.8 Å². The van der Waals surface area contributed by atoms with E-state index < -0.39 is 0 Å². The third-order valence-corrected chi connectivity index (χ3v) is 2.54. The first-order chi connectivity index (χ1) is 7.74. The van der Waals surface area contributed by atoms with Crippen molar-refractivity contribution in [2.45, 2.75) is 32.6 Å². The summed E-state index contributed by atoms with van der Waals surface area (Å²) in [6.45, 7) is 3.19. The number of unbranched alkanes of at least 4 members (excludes halogenated alkanes) is 3. The van der Waals surface area contributed by atoms with Gasteiger partial charge in [0.1, 0.15) is 5.82 Å². The first kappa shape index (κ1) is 12.8. The molecule has 0 aromatic carbocycles. The highest BCUT2D eigenvalue weighted by Gasteiger charge is 1.97. The summed E-state index contributed by atoms with van der Waals surface area (Å²) >= 11 is 0. The number of nitrogens with one attached hydrogen (secondary N) is 1. The van der Waals surface area contributed by atoms with Crippen LogP contribution in [0.3, 0.4) is 0 Å². The van der Waals surface area contributed by atoms with E-state index in [1.165, 1.54) is 0 Å². The summed E-state index contributed by atoms with van der Waals surface area (Å²) in [7, 11) is 0. The lowest BCUT2D eigenvalue weighted by Gasteiger charge is -2.07. The molecule has 4 nitrogen and oxygen atoms in total. The van der Waals surface area contributed by atoms with E-state index >= 15 is 0 Å². The Kier molecular flexibility index (Phi) is 5.64. The molecule has 1 aromatic rings. The molecule has 16 heavy (non-hydrogen) atoms. The monoisotopic (exact) mass is 223 g/mol. The predicted molar refractivity (Wildman–Crippen MR) is 67.4 cm³/mol. The number of hydrogen-bond donors (Lipinski definition) is 3. The quantitative estimate of drug-likeness (QED) is 0.618. The molecule has 0 bridgehead atoms. The van der Waals surface area contributed by atoms with Gasteiger partial charge in [0.15, 0.2) is 0 Å². The number of nitrogens with two attached hydrogens (primary N) is 1. The van der Waals surface area contributed by atoms with Crippen LogP contribution < -0.4 is 11.1 Å². The van der Waals surface area contributed by atoms with Crippen molar-refractivity contribution < 1.29 is 5.11 Å². The highest BCUT2D eigenvalue weighted by atomic mass is 16.2. The lowest BCUT2D eigenvalue weighted by Crippen LogP contribution is -2.04. The van der Waals surface area contributed by atoms with E-state index in [1.54, 1.807) is 6.20 Å². The number of nitrogens with zero attached hydrogens (tertiary/aromatic N) is 1. The van der Waals surface area contributed by atoms with Gasteiger partial charge in [-0.2, -0.15) is 0 Å². The molecular formula is C12H21N3O. The Morgan fingerprint density at radius 2 is 2.06 bits per heavy atom. The second-order valence-electron chi connectivity index (χ2n) is 3.99. The molecule has 4 heteroatoms. The minimum atomic E-state index is 0.298. The molecule has 0 aliphatic carbocycles. The van der Waals surface area contributed by atoms with Crippen molar-refractivity contribution in [3.05, 3.63) is 17.8 Å². The Morgan fingerprint density at radius 1 is 1.31 bits per heavy atom. The number of rotatable bonds is 7. The lowest BCUT2D eigenvalue weighted by atomic mass is 10.2. The van der Waals surface area contributed by atoms with Crippen LogP contribution in [-0.4, -0.2) is 23.2 Å². The van der Waals surface area contributed by atoms with E-state index in [0.29, 0.717) is 6.61 Å². The number of aromatic nitrogens is 1. The molecule has 0 fully saturated rings. The fourth-order valence-corrected chi connectivity index (χ4v) is 1.47. The summed E-state index contributed by atoms with van der Waals surface area (Å²) in [5, 5.41) is 11.9. The van der Waals surface area contributed by atoms with Crippen molar-refractivity contribution >= 4 is 11.5 Å². The third kappa shape index (κ3) is 4.49. The summed E-state index contributed by atoms with van der Waals surface area (Å²) in [6, 6.07) is 1.96. The summed E-state index contributed by atoms with van der Waals surface area (Å²) in [5.41, 5.74) is 7.47. The zero-order valence-corrected chi connectivity index (χ0v) is 9.87. The van der Waals surface area contributed by atoms with E-state index in [9.17, 15) is 0 Å². The molecule has 1 heterocycles. The van der Waals surface area contributed by atoms with Gasteiger partial charge in [-0.3, -0.25) is 0 Å². The maximum Gasteiger partial charge on any atom is 0.126 e. The Morgan fingerprint density at radius 3 is 2.75 bits per heavy atom. The van der Waals surface area contributed by atoms with Crippen LogP contribution in [0.1, 0.15) is 31.2 Å². The Hall–Kier alpha value is -1.29. The van der Waals surface area contributed by atoms with Crippen LogP contribution in [0.2, 0.25) is 0 Å². The molecule has 90 valence electrons. The van der Waals surface area contributed by atoms with Gasteiger partial charge >= 0.3 is 0 Å². The lowest BCUT2D eigenvalue weighted by molar-refractivity contribution is 0.283. The highest BCUT2D eigenvalue weighted by Crippen LogP contribution is 2.13. The van der Waals surface area contributed by atoms with Crippen LogP contribution in [0.5, 0.6) is 0 Å². The Labute approximate surface area is 96.9 Å². The van der Waals surface area contributed by atoms with E-state index in [1.807, 2.05) is 13.0 Å². The van der Waals surface area contributed by atoms with Crippen LogP contribution in [0.15, 0.2) is 12.3 Å². The zero-order chi connectivity index (χ0) is 11.8. The van der Waals surface area contributed by atoms with E-state index in [0.717, 1.165) is 49.3 Å². The summed E-state index contributed by atoms with van der Waals surface area (Å²) in [4.78, 5) is 4.20. The van der Waals surface area contributed by atoms with Crippen molar-refractivity contribution in [2.75, 3.05) is 24.2 Å². The third-order valence-electron chi connectivity index (χ3n) is 2.54. The summed E-state index contributed by atoms with van der Waals surface area (Å²) in [5.74, 6) is 0.883. The predicted octanol–water partition coefficient (Wildman–Crippen LogP) is 1.94. The van der Waals surface area contributed by atoms with Gasteiger partial charge in [0.05, 0.1) is 11.9 Å². The van der Waals surface area contributed by atoms with Gasteiger partial charge in [0.25, 0.3) is 0 Å². The second-order valence-corrected chi connectivity index (χ2v) is 3.99. The minimum absolute atomic E-state index is 0.298. The number of nitrogen functional groups attached to an aromatic ring is 1. The normalized spacial score (nSPS) is 10.4. The largest absolute Gasteiger partial charge is 0.397 e. The van der Waals surface area contributed by atoms with Crippen molar-refractivity contribution in [3.63, 3.8) is 0 Å².